The molecule has 0 aliphatic carbocycles. The summed E-state index contributed by atoms with van der Waals surface area (Å²) >= 11 is 1.46. The molecule has 0 saturated carbocycles. The molecule has 184 valence electrons. The van der Waals surface area contributed by atoms with Crippen molar-refractivity contribution in [2.24, 2.45) is 0 Å². The summed E-state index contributed by atoms with van der Waals surface area (Å²) in [6, 6.07) is 7.26. The number of rotatable bonds is 2. The number of carboxylic acid groups (broad SMARTS) is 1. The van der Waals surface area contributed by atoms with Gasteiger partial charge < -0.3 is 26.1 Å². The fourth-order valence-corrected chi connectivity index (χ4v) is 5.62. The molecular weight excluding hydrogens is 485 g/mol. The Morgan fingerprint density at radius 2 is 1.80 bits per heavy atom. The highest BCUT2D eigenvalue weighted by Gasteiger charge is 2.38. The van der Waals surface area contributed by atoms with Gasteiger partial charge in [-0.1, -0.05) is 0 Å². The number of carbonyl (C=O) groups is 1. The number of H-pyrrole nitrogens is 2. The second kappa shape index (κ2) is 8.64. The lowest BCUT2D eigenvalue weighted by Gasteiger charge is -2.28. The van der Waals surface area contributed by atoms with Crippen molar-refractivity contribution in [1.29, 1.82) is 0 Å². The molecule has 2 aliphatic rings. The molecule has 35 heavy (non-hydrogen) atoms. The molecule has 2 saturated heterocycles. The van der Waals surface area contributed by atoms with Crippen LogP contribution in [0, 0.1) is 0 Å². The Morgan fingerprint density at radius 3 is 2.46 bits per heavy atom. The SMILES string of the molecule is Nc1c(-c2nc3nc(C4CC5CCC(C4)N5)ccc3[nH]2)c(=O)[nH]c2sccc12.O=C(O)C(F)(F)F. The predicted octanol–water partition coefficient (Wildman–Crippen LogP) is 3.74. The number of alkyl halides is 3. The molecule has 4 aromatic rings. The molecule has 6 N–H and O–H groups in total. The van der Waals surface area contributed by atoms with Crippen LogP contribution in [0.25, 0.3) is 32.8 Å². The van der Waals surface area contributed by atoms with E-state index in [9.17, 15) is 18.0 Å². The number of hydrogen-bond donors (Lipinski definition) is 5. The number of nitrogens with two attached hydrogens (primary N) is 1. The first-order chi connectivity index (χ1) is 16.6. The highest BCUT2D eigenvalue weighted by atomic mass is 32.1. The maximum absolute atomic E-state index is 12.6. The van der Waals surface area contributed by atoms with Crippen LogP contribution < -0.4 is 16.6 Å². The number of aromatic nitrogens is 4. The molecule has 2 atom stereocenters. The Bertz CT molecular complexity index is 1460. The van der Waals surface area contributed by atoms with Crippen LogP contribution in [0.2, 0.25) is 0 Å². The first-order valence-corrected chi connectivity index (χ1v) is 11.8. The quantitative estimate of drug-likeness (QED) is 0.278. The van der Waals surface area contributed by atoms with E-state index in [0.29, 0.717) is 40.7 Å². The molecule has 6 rings (SSSR count). The van der Waals surface area contributed by atoms with Gasteiger partial charge in [0.1, 0.15) is 16.2 Å². The van der Waals surface area contributed by atoms with Gasteiger partial charge in [0.05, 0.1) is 11.2 Å². The summed E-state index contributed by atoms with van der Waals surface area (Å²) < 4.78 is 31.7. The number of carboxylic acids is 1. The third-order valence-electron chi connectivity index (χ3n) is 6.42. The van der Waals surface area contributed by atoms with Crippen molar-refractivity contribution in [3.8, 4) is 11.4 Å². The molecule has 0 aromatic carbocycles. The Kier molecular flexibility index (Phi) is 5.75. The fourth-order valence-electron chi connectivity index (χ4n) is 4.83. The number of nitrogens with zero attached hydrogens (tertiary/aromatic N) is 2. The minimum absolute atomic E-state index is 0.235. The number of nitrogen functional groups attached to an aromatic ring is 1. The molecule has 0 spiro atoms. The summed E-state index contributed by atoms with van der Waals surface area (Å²) in [6.45, 7) is 0. The van der Waals surface area contributed by atoms with Gasteiger partial charge >= 0.3 is 12.1 Å². The monoisotopic (exact) mass is 506 g/mol. The van der Waals surface area contributed by atoms with Crippen LogP contribution in [0.3, 0.4) is 0 Å². The number of piperidine rings is 1. The number of anilines is 1. The average Bonchev–Trinajstić information content (AvgIpc) is 3.51. The van der Waals surface area contributed by atoms with Gasteiger partial charge in [0.25, 0.3) is 5.56 Å². The van der Waals surface area contributed by atoms with Gasteiger partial charge in [-0.15, -0.1) is 11.3 Å². The number of aliphatic carboxylic acids is 1. The van der Waals surface area contributed by atoms with Crippen LogP contribution in [0.4, 0.5) is 18.9 Å². The maximum Gasteiger partial charge on any atom is 0.490 e. The van der Waals surface area contributed by atoms with Crippen LogP contribution in [0.15, 0.2) is 28.4 Å². The van der Waals surface area contributed by atoms with Crippen molar-refractivity contribution < 1.29 is 23.1 Å². The summed E-state index contributed by atoms with van der Waals surface area (Å²) in [6.07, 6.45) is -0.284. The smallest absolute Gasteiger partial charge is 0.475 e. The van der Waals surface area contributed by atoms with Gasteiger partial charge in [-0.25, -0.2) is 14.8 Å². The van der Waals surface area contributed by atoms with E-state index in [4.69, 9.17) is 20.6 Å². The number of pyridine rings is 2. The number of hydrogen-bond acceptors (Lipinski definition) is 7. The molecule has 2 bridgehead atoms. The zero-order chi connectivity index (χ0) is 24.9. The van der Waals surface area contributed by atoms with E-state index in [-0.39, 0.29) is 5.56 Å². The van der Waals surface area contributed by atoms with Crippen molar-refractivity contribution >= 4 is 44.4 Å². The van der Waals surface area contributed by atoms with Crippen molar-refractivity contribution in [3.05, 3.63) is 39.6 Å². The maximum atomic E-state index is 12.6. The van der Waals surface area contributed by atoms with Crippen molar-refractivity contribution in [1.82, 2.24) is 25.3 Å². The Hall–Kier alpha value is -3.45. The van der Waals surface area contributed by atoms with Gasteiger partial charge in [0.2, 0.25) is 0 Å². The molecule has 2 fully saturated rings. The topological polar surface area (TPSA) is 150 Å². The predicted molar refractivity (Wildman–Crippen MR) is 125 cm³/mol. The van der Waals surface area contributed by atoms with E-state index in [1.807, 2.05) is 17.5 Å². The van der Waals surface area contributed by atoms with E-state index in [1.165, 1.54) is 24.2 Å². The van der Waals surface area contributed by atoms with Crippen LogP contribution in [-0.2, 0) is 4.79 Å². The Morgan fingerprint density at radius 1 is 1.11 bits per heavy atom. The van der Waals surface area contributed by atoms with Crippen LogP contribution >= 0.6 is 11.3 Å². The average molecular weight is 507 g/mol. The van der Waals surface area contributed by atoms with Crippen LogP contribution in [0.1, 0.15) is 37.3 Å². The number of fused-ring (bicyclic) bond motifs is 4. The second-order valence-electron chi connectivity index (χ2n) is 8.71. The molecule has 0 radical (unpaired) electrons. The van der Waals surface area contributed by atoms with E-state index in [2.05, 4.69) is 26.3 Å². The molecular formula is C22H21F3N6O3S. The van der Waals surface area contributed by atoms with Crippen LogP contribution in [-0.4, -0.2) is 49.3 Å². The molecule has 13 heteroatoms. The van der Waals surface area contributed by atoms with Gasteiger partial charge in [-0.3, -0.25) is 4.79 Å². The van der Waals surface area contributed by atoms with Crippen LogP contribution in [0.5, 0.6) is 0 Å². The number of aromatic amines is 2. The fraction of sp³-hybridized carbons (Fsp3) is 0.364. The minimum atomic E-state index is -5.08. The van der Waals surface area contributed by atoms with E-state index >= 15 is 0 Å². The zero-order valence-electron chi connectivity index (χ0n) is 18.1. The summed E-state index contributed by atoms with van der Waals surface area (Å²) in [5.41, 5.74) is 9.46. The Labute approximate surface area is 199 Å². The lowest BCUT2D eigenvalue weighted by Crippen LogP contribution is -2.37. The largest absolute Gasteiger partial charge is 0.490 e. The Balaban J connectivity index is 0.000000320. The first-order valence-electron chi connectivity index (χ1n) is 10.9. The summed E-state index contributed by atoms with van der Waals surface area (Å²) in [7, 11) is 0. The highest BCUT2D eigenvalue weighted by Crippen LogP contribution is 2.37. The van der Waals surface area contributed by atoms with E-state index in [0.717, 1.165) is 34.3 Å². The lowest BCUT2D eigenvalue weighted by molar-refractivity contribution is -0.192. The van der Waals surface area contributed by atoms with Crippen molar-refractivity contribution in [2.45, 2.75) is 49.9 Å². The number of imidazole rings is 1. The molecule has 2 aliphatic heterocycles. The van der Waals surface area contributed by atoms with Crippen molar-refractivity contribution in [2.75, 3.05) is 5.73 Å². The van der Waals surface area contributed by atoms with Crippen molar-refractivity contribution in [3.63, 3.8) is 0 Å². The third kappa shape index (κ3) is 4.48. The zero-order valence-corrected chi connectivity index (χ0v) is 19.0. The van der Waals surface area contributed by atoms with Gasteiger partial charge in [-0.05, 0) is 49.3 Å². The standard InChI is InChI=1S/C20H20N6OS.C2HF3O2/c21-16-12-5-6-28-20(12)26-19(27)15(16)18-24-14-4-3-13(23-17(14)25-18)9-7-10-1-2-11(8-9)22-10;3-2(4,5)1(6)7/h3-6,9-11,22H,1-2,7-8H2,(H3,21,26,27)(H,23,24,25);(H,6,7). The molecule has 9 nitrogen and oxygen atoms in total. The van der Waals surface area contributed by atoms with Gasteiger partial charge in [-0.2, -0.15) is 13.2 Å². The summed E-state index contributed by atoms with van der Waals surface area (Å²) in [5, 5.41) is 13.6. The number of nitrogens with one attached hydrogen (secondary N) is 3. The lowest BCUT2D eigenvalue weighted by atomic mass is 9.89. The molecule has 2 unspecified atom stereocenters. The molecule has 0 amide bonds. The highest BCUT2D eigenvalue weighted by molar-refractivity contribution is 7.16. The van der Waals surface area contributed by atoms with E-state index in [1.54, 1.807) is 0 Å². The number of thiophene rings is 1. The third-order valence-corrected chi connectivity index (χ3v) is 7.25. The van der Waals surface area contributed by atoms with Gasteiger partial charge in [0, 0.05) is 29.1 Å². The normalized spacial score (nSPS) is 21.7. The molecule has 6 heterocycles. The minimum Gasteiger partial charge on any atom is -0.475 e. The summed E-state index contributed by atoms with van der Waals surface area (Å²) in [5.74, 6) is -1.82. The first kappa shape index (κ1) is 23.3. The van der Waals surface area contributed by atoms with Gasteiger partial charge in [0.15, 0.2) is 5.65 Å². The van der Waals surface area contributed by atoms with E-state index < -0.39 is 12.1 Å². The second-order valence-corrected chi connectivity index (χ2v) is 9.62. The summed E-state index contributed by atoms with van der Waals surface area (Å²) in [4.78, 5) is 37.9. The number of halogens is 3. The molecule has 4 aromatic heterocycles.